The van der Waals surface area contributed by atoms with E-state index in [9.17, 15) is 57.5 Å². The van der Waals surface area contributed by atoms with Gasteiger partial charge in [-0.15, -0.1) is 0 Å². The van der Waals surface area contributed by atoms with Crippen molar-refractivity contribution in [2.24, 2.45) is 5.92 Å². The number of halogens is 12. The van der Waals surface area contributed by atoms with Crippen LogP contribution in [0.3, 0.4) is 0 Å². The van der Waals surface area contributed by atoms with Gasteiger partial charge < -0.3 is 4.74 Å². The number of hydrogen-bond donors (Lipinski definition) is 0. The molecule has 0 spiro atoms. The highest BCUT2D eigenvalue weighted by atomic mass is 19.4. The number of carbonyl (C=O) groups is 1. The van der Waals surface area contributed by atoms with Crippen LogP contribution in [0.25, 0.3) is 0 Å². The summed E-state index contributed by atoms with van der Waals surface area (Å²) >= 11 is 0. The molecule has 0 aliphatic heterocycles. The molecule has 138 valence electrons. The zero-order chi connectivity index (χ0) is 19.0. The molecule has 0 aliphatic carbocycles. The van der Waals surface area contributed by atoms with Crippen molar-refractivity contribution in [1.29, 1.82) is 0 Å². The van der Waals surface area contributed by atoms with E-state index in [1.807, 2.05) is 0 Å². The molecule has 0 rings (SSSR count). The van der Waals surface area contributed by atoms with Crippen LogP contribution in [-0.4, -0.2) is 42.7 Å². The van der Waals surface area contributed by atoms with Crippen molar-refractivity contribution in [1.82, 2.24) is 0 Å². The predicted molar refractivity (Wildman–Crippen MR) is 47.1 cm³/mol. The highest BCUT2D eigenvalue weighted by Crippen LogP contribution is 2.55. The standard InChI is InChI=1S/C9H6F12O2/c1-2(22)23-5(11)3(4(10)7(13,14)15)6(12,8(16,17)18)9(19,20)21/h3-5H,1H3. The van der Waals surface area contributed by atoms with Crippen LogP contribution >= 0.6 is 0 Å². The van der Waals surface area contributed by atoms with E-state index in [1.165, 1.54) is 0 Å². The SMILES string of the molecule is CC(=O)OC(F)C(C(F)C(F)(F)F)C(F)(C(F)(F)F)C(F)(F)F. The number of alkyl halides is 12. The Morgan fingerprint density at radius 1 is 0.826 bits per heavy atom. The van der Waals surface area contributed by atoms with E-state index in [0.29, 0.717) is 0 Å². The van der Waals surface area contributed by atoms with Crippen molar-refractivity contribution in [3.63, 3.8) is 0 Å². The van der Waals surface area contributed by atoms with Gasteiger partial charge in [0, 0.05) is 6.92 Å². The summed E-state index contributed by atoms with van der Waals surface area (Å²) in [6.07, 6.45) is -30.7. The summed E-state index contributed by atoms with van der Waals surface area (Å²) in [5.74, 6) is -7.10. The van der Waals surface area contributed by atoms with Crippen LogP contribution in [0.2, 0.25) is 0 Å². The second-order valence-corrected chi connectivity index (χ2v) is 4.14. The predicted octanol–water partition coefficient (Wildman–Crippen LogP) is 4.19. The molecule has 0 saturated heterocycles. The van der Waals surface area contributed by atoms with Gasteiger partial charge in [0.25, 0.3) is 6.36 Å². The summed E-state index contributed by atoms with van der Waals surface area (Å²) in [7, 11) is 0. The topological polar surface area (TPSA) is 26.3 Å². The molecule has 0 saturated carbocycles. The first-order valence-corrected chi connectivity index (χ1v) is 5.21. The second kappa shape index (κ2) is 6.26. The lowest BCUT2D eigenvalue weighted by Gasteiger charge is -2.39. The quantitative estimate of drug-likeness (QED) is 0.545. The first kappa shape index (κ1) is 21.6. The molecule has 23 heavy (non-hydrogen) atoms. The number of carbonyl (C=O) groups excluding carboxylic acids is 1. The third-order valence-corrected chi connectivity index (χ3v) is 2.47. The number of esters is 1. The van der Waals surface area contributed by atoms with Crippen molar-refractivity contribution in [2.75, 3.05) is 0 Å². The van der Waals surface area contributed by atoms with Gasteiger partial charge >= 0.3 is 30.2 Å². The minimum atomic E-state index is -7.18. The largest absolute Gasteiger partial charge is 0.432 e. The van der Waals surface area contributed by atoms with Gasteiger partial charge in [0.2, 0.25) is 6.17 Å². The molecule has 0 aliphatic rings. The summed E-state index contributed by atoms with van der Waals surface area (Å²) in [6, 6.07) is 0. The van der Waals surface area contributed by atoms with E-state index >= 15 is 0 Å². The minimum Gasteiger partial charge on any atom is -0.431 e. The highest BCUT2D eigenvalue weighted by molar-refractivity contribution is 5.66. The van der Waals surface area contributed by atoms with Gasteiger partial charge in [-0.05, 0) is 0 Å². The Labute approximate surface area is 119 Å². The fourth-order valence-corrected chi connectivity index (χ4v) is 1.49. The van der Waals surface area contributed by atoms with Gasteiger partial charge in [0.1, 0.15) is 5.92 Å². The number of hydrogen-bond acceptors (Lipinski definition) is 2. The van der Waals surface area contributed by atoms with E-state index in [0.717, 1.165) is 0 Å². The first-order valence-electron chi connectivity index (χ1n) is 5.21. The Morgan fingerprint density at radius 3 is 1.39 bits per heavy atom. The first-order chi connectivity index (χ1) is 9.87. The maximum Gasteiger partial charge on any atom is 0.432 e. The molecule has 0 N–H and O–H groups in total. The van der Waals surface area contributed by atoms with Crippen LogP contribution in [0.4, 0.5) is 52.7 Å². The average molecular weight is 374 g/mol. The fraction of sp³-hybridized carbons (Fsp3) is 0.889. The smallest absolute Gasteiger partial charge is 0.431 e. The van der Waals surface area contributed by atoms with Crippen LogP contribution in [0.15, 0.2) is 0 Å². The van der Waals surface area contributed by atoms with E-state index in [4.69, 9.17) is 0 Å². The molecule has 0 aromatic carbocycles. The van der Waals surface area contributed by atoms with Gasteiger partial charge in [-0.3, -0.25) is 4.79 Å². The van der Waals surface area contributed by atoms with Crippen molar-refractivity contribution in [2.45, 2.75) is 43.7 Å². The third-order valence-electron chi connectivity index (χ3n) is 2.47. The van der Waals surface area contributed by atoms with Crippen molar-refractivity contribution in [3.8, 4) is 0 Å². The molecule has 0 radical (unpaired) electrons. The second-order valence-electron chi connectivity index (χ2n) is 4.14. The third kappa shape index (κ3) is 4.34. The lowest BCUT2D eigenvalue weighted by atomic mass is 9.83. The molecule has 14 heteroatoms. The van der Waals surface area contributed by atoms with E-state index in [-0.39, 0.29) is 6.92 Å². The summed E-state index contributed by atoms with van der Waals surface area (Å²) in [5, 5.41) is 0. The summed E-state index contributed by atoms with van der Waals surface area (Å²) in [6.45, 7) is 0.186. The molecule has 0 heterocycles. The Bertz CT molecular complexity index is 408. The van der Waals surface area contributed by atoms with E-state index < -0.39 is 48.6 Å². The minimum absolute atomic E-state index is 0.186. The molecule has 0 aromatic heterocycles. The van der Waals surface area contributed by atoms with Crippen molar-refractivity contribution in [3.05, 3.63) is 0 Å². The molecular weight excluding hydrogens is 368 g/mol. The van der Waals surface area contributed by atoms with E-state index in [1.54, 1.807) is 0 Å². The van der Waals surface area contributed by atoms with Gasteiger partial charge in [0.05, 0.1) is 0 Å². The summed E-state index contributed by atoms with van der Waals surface area (Å²) < 4.78 is 153. The summed E-state index contributed by atoms with van der Waals surface area (Å²) in [4.78, 5) is 10.3. The zero-order valence-electron chi connectivity index (χ0n) is 10.6. The van der Waals surface area contributed by atoms with Crippen LogP contribution in [-0.2, 0) is 9.53 Å². The van der Waals surface area contributed by atoms with Gasteiger partial charge in [-0.25, -0.2) is 13.2 Å². The molecule has 0 aromatic rings. The van der Waals surface area contributed by atoms with Crippen LogP contribution in [0.5, 0.6) is 0 Å². The van der Waals surface area contributed by atoms with Crippen molar-refractivity contribution >= 4 is 5.97 Å². The number of rotatable bonds is 4. The fourth-order valence-electron chi connectivity index (χ4n) is 1.49. The van der Waals surface area contributed by atoms with Gasteiger partial charge in [0.15, 0.2) is 0 Å². The average Bonchev–Trinajstić information content (AvgIpc) is 2.23. The maximum absolute atomic E-state index is 13.5. The Morgan fingerprint density at radius 2 is 1.17 bits per heavy atom. The van der Waals surface area contributed by atoms with E-state index in [2.05, 4.69) is 4.74 Å². The van der Waals surface area contributed by atoms with Crippen LogP contribution in [0, 0.1) is 5.92 Å². The Kier molecular flexibility index (Phi) is 5.89. The van der Waals surface area contributed by atoms with Gasteiger partial charge in [-0.1, -0.05) is 0 Å². The zero-order valence-corrected chi connectivity index (χ0v) is 10.6. The molecule has 0 bridgehead atoms. The molecule has 0 fully saturated rings. The molecule has 3 atom stereocenters. The highest BCUT2D eigenvalue weighted by Gasteiger charge is 2.81. The van der Waals surface area contributed by atoms with Crippen LogP contribution < -0.4 is 0 Å². The normalized spacial score (nSPS) is 18.3. The molecule has 3 unspecified atom stereocenters. The maximum atomic E-state index is 13.5. The Hall–Kier alpha value is -1.37. The number of ether oxygens (including phenoxy) is 1. The van der Waals surface area contributed by atoms with Crippen LogP contribution in [0.1, 0.15) is 6.92 Å². The molecule has 2 nitrogen and oxygen atoms in total. The lowest BCUT2D eigenvalue weighted by Crippen LogP contribution is -2.65. The molecular formula is C9H6F12O2. The molecule has 0 amide bonds. The summed E-state index contributed by atoms with van der Waals surface area (Å²) in [5.41, 5.74) is -6.97. The monoisotopic (exact) mass is 374 g/mol. The lowest BCUT2D eigenvalue weighted by molar-refractivity contribution is -0.384. The Balaban J connectivity index is 6.33. The van der Waals surface area contributed by atoms with Crippen molar-refractivity contribution < 1.29 is 62.2 Å². The van der Waals surface area contributed by atoms with Gasteiger partial charge in [-0.2, -0.15) is 39.5 Å².